The number of aromatic nitrogens is 6. The van der Waals surface area contributed by atoms with E-state index < -0.39 is 9.84 Å². The van der Waals surface area contributed by atoms with Gasteiger partial charge in [0.25, 0.3) is 0 Å². The van der Waals surface area contributed by atoms with Crippen molar-refractivity contribution in [3.63, 3.8) is 0 Å². The van der Waals surface area contributed by atoms with Crippen LogP contribution < -0.4 is 5.32 Å². The predicted octanol–water partition coefficient (Wildman–Crippen LogP) is 3.34. The van der Waals surface area contributed by atoms with E-state index in [0.29, 0.717) is 22.9 Å². The van der Waals surface area contributed by atoms with E-state index in [9.17, 15) is 13.2 Å². The minimum Gasteiger partial charge on any atom is -0.309 e. The van der Waals surface area contributed by atoms with Gasteiger partial charge in [-0.25, -0.2) is 17.9 Å². The van der Waals surface area contributed by atoms with Gasteiger partial charge in [-0.1, -0.05) is 12.1 Å². The molecule has 4 heterocycles. The Labute approximate surface area is 206 Å². The molecule has 1 saturated carbocycles. The van der Waals surface area contributed by atoms with Crippen molar-refractivity contribution >= 4 is 32.9 Å². The standard InChI is InChI=1S/C25H23N7O3S/c1-15(20-9-11-22-26-21(14-32(22)30-20)27-25(33)16-6-7-16)24-29-28-23-10-8-18(13-31(23)24)17-4-3-5-19(12-17)36(2,34)35/h3-5,8-16H,6-7H2,1-2H3,(H,27,33). The molecule has 1 atom stereocenters. The summed E-state index contributed by atoms with van der Waals surface area (Å²) in [7, 11) is -3.32. The van der Waals surface area contributed by atoms with Crippen molar-refractivity contribution in [1.82, 2.24) is 29.2 Å². The van der Waals surface area contributed by atoms with Crippen molar-refractivity contribution in [2.75, 3.05) is 11.6 Å². The van der Waals surface area contributed by atoms with Gasteiger partial charge in [-0.2, -0.15) is 5.10 Å². The lowest BCUT2D eigenvalue weighted by Gasteiger charge is -2.11. The van der Waals surface area contributed by atoms with E-state index in [2.05, 4.69) is 20.5 Å². The normalized spacial score (nSPS) is 14.8. The maximum atomic E-state index is 12.1. The molecule has 1 aliphatic rings. The molecular formula is C25H23N7O3S. The molecule has 1 amide bonds. The smallest absolute Gasteiger partial charge is 0.228 e. The SMILES string of the molecule is CC(c1ccc2nc(NC(=O)C3CC3)cn2n1)c1nnc2ccc(-c3cccc(S(C)(=O)=O)c3)cn12. The first kappa shape index (κ1) is 22.4. The number of pyridine rings is 1. The van der Waals surface area contributed by atoms with Gasteiger partial charge in [0, 0.05) is 18.4 Å². The molecule has 0 bridgehead atoms. The number of fused-ring (bicyclic) bond motifs is 2. The average Bonchev–Trinajstić information content (AvgIpc) is 3.51. The van der Waals surface area contributed by atoms with E-state index in [0.717, 1.165) is 29.7 Å². The first-order chi connectivity index (χ1) is 17.3. The van der Waals surface area contributed by atoms with Crippen molar-refractivity contribution in [3.05, 3.63) is 72.4 Å². The summed E-state index contributed by atoms with van der Waals surface area (Å²) >= 11 is 0. The molecule has 5 aromatic rings. The highest BCUT2D eigenvalue weighted by Gasteiger charge is 2.30. The highest BCUT2D eigenvalue weighted by atomic mass is 32.2. The highest BCUT2D eigenvalue weighted by Crippen LogP contribution is 2.30. The first-order valence-electron chi connectivity index (χ1n) is 11.6. The number of nitrogens with zero attached hydrogens (tertiary/aromatic N) is 6. The van der Waals surface area contributed by atoms with Crippen LogP contribution in [0.3, 0.4) is 0 Å². The van der Waals surface area contributed by atoms with Crippen LogP contribution in [0.1, 0.15) is 37.2 Å². The van der Waals surface area contributed by atoms with Gasteiger partial charge in [0.1, 0.15) is 5.82 Å². The van der Waals surface area contributed by atoms with Gasteiger partial charge in [-0.05, 0) is 67.3 Å². The van der Waals surface area contributed by atoms with Gasteiger partial charge in [0.2, 0.25) is 5.91 Å². The van der Waals surface area contributed by atoms with Gasteiger partial charge in [-0.3, -0.25) is 9.20 Å². The van der Waals surface area contributed by atoms with Crippen molar-refractivity contribution in [2.45, 2.75) is 30.6 Å². The van der Waals surface area contributed by atoms with Gasteiger partial charge < -0.3 is 5.32 Å². The third-order valence-corrected chi connectivity index (χ3v) is 7.51. The summed E-state index contributed by atoms with van der Waals surface area (Å²) in [6, 6.07) is 14.4. The molecule has 0 saturated heterocycles. The number of imidazole rings is 1. The fourth-order valence-electron chi connectivity index (χ4n) is 4.17. The van der Waals surface area contributed by atoms with Crippen LogP contribution in [0.15, 0.2) is 65.8 Å². The Morgan fingerprint density at radius 2 is 1.83 bits per heavy atom. The van der Waals surface area contributed by atoms with Crippen LogP contribution in [-0.4, -0.2) is 49.8 Å². The summed E-state index contributed by atoms with van der Waals surface area (Å²) < 4.78 is 27.6. The van der Waals surface area contributed by atoms with E-state index in [1.54, 1.807) is 28.9 Å². The lowest BCUT2D eigenvalue weighted by molar-refractivity contribution is -0.117. The van der Waals surface area contributed by atoms with E-state index in [4.69, 9.17) is 5.10 Å². The molecule has 36 heavy (non-hydrogen) atoms. The lowest BCUT2D eigenvalue weighted by atomic mass is 10.1. The summed E-state index contributed by atoms with van der Waals surface area (Å²) in [5.41, 5.74) is 3.70. The first-order valence-corrected chi connectivity index (χ1v) is 13.5. The molecule has 1 N–H and O–H groups in total. The molecule has 1 unspecified atom stereocenters. The minimum atomic E-state index is -3.32. The number of hydrogen-bond acceptors (Lipinski definition) is 7. The fourth-order valence-corrected chi connectivity index (χ4v) is 4.84. The van der Waals surface area contributed by atoms with Crippen molar-refractivity contribution < 1.29 is 13.2 Å². The second kappa shape index (κ2) is 8.23. The Balaban J connectivity index is 1.33. The second-order valence-electron chi connectivity index (χ2n) is 9.18. The van der Waals surface area contributed by atoms with Crippen LogP contribution in [0.5, 0.6) is 0 Å². The van der Waals surface area contributed by atoms with E-state index in [-0.39, 0.29) is 22.6 Å². The van der Waals surface area contributed by atoms with Crippen LogP contribution >= 0.6 is 0 Å². The number of sulfone groups is 1. The maximum Gasteiger partial charge on any atom is 0.228 e. The minimum absolute atomic E-state index is 0.000181. The monoisotopic (exact) mass is 501 g/mol. The Bertz CT molecular complexity index is 1750. The summed E-state index contributed by atoms with van der Waals surface area (Å²) in [5, 5.41) is 16.3. The van der Waals surface area contributed by atoms with Crippen LogP contribution in [0.25, 0.3) is 22.4 Å². The Morgan fingerprint density at radius 1 is 1.03 bits per heavy atom. The van der Waals surface area contributed by atoms with Gasteiger partial charge in [0.05, 0.1) is 22.7 Å². The Hall–Kier alpha value is -4.12. The van der Waals surface area contributed by atoms with E-state index in [1.165, 1.54) is 6.26 Å². The molecule has 6 rings (SSSR count). The second-order valence-corrected chi connectivity index (χ2v) is 11.2. The largest absolute Gasteiger partial charge is 0.309 e. The molecule has 4 aromatic heterocycles. The summed E-state index contributed by atoms with van der Waals surface area (Å²) in [4.78, 5) is 16.8. The molecule has 1 aliphatic carbocycles. The lowest BCUT2D eigenvalue weighted by Crippen LogP contribution is -2.13. The summed E-state index contributed by atoms with van der Waals surface area (Å²) in [5.74, 6) is 1.07. The third-order valence-electron chi connectivity index (χ3n) is 6.40. The van der Waals surface area contributed by atoms with Crippen LogP contribution in [0.2, 0.25) is 0 Å². The molecule has 182 valence electrons. The number of carbonyl (C=O) groups excluding carboxylic acids is 1. The van der Waals surface area contributed by atoms with Gasteiger partial charge >= 0.3 is 0 Å². The number of rotatable bonds is 6. The molecule has 0 aliphatic heterocycles. The molecule has 10 nitrogen and oxygen atoms in total. The third kappa shape index (κ3) is 4.11. The molecule has 1 fully saturated rings. The van der Waals surface area contributed by atoms with Crippen LogP contribution in [0, 0.1) is 5.92 Å². The number of hydrogen-bond donors (Lipinski definition) is 1. The molecule has 1 aromatic carbocycles. The van der Waals surface area contributed by atoms with Gasteiger partial charge in [0.15, 0.2) is 26.9 Å². The molecule has 0 radical (unpaired) electrons. The zero-order valence-electron chi connectivity index (χ0n) is 19.7. The average molecular weight is 502 g/mol. The number of nitrogens with one attached hydrogen (secondary N) is 1. The topological polar surface area (TPSA) is 124 Å². The number of benzene rings is 1. The predicted molar refractivity (Wildman–Crippen MR) is 133 cm³/mol. The van der Waals surface area contributed by atoms with E-state index >= 15 is 0 Å². The van der Waals surface area contributed by atoms with Crippen molar-refractivity contribution in [3.8, 4) is 11.1 Å². The van der Waals surface area contributed by atoms with Crippen molar-refractivity contribution in [1.29, 1.82) is 0 Å². The van der Waals surface area contributed by atoms with Gasteiger partial charge in [-0.15, -0.1) is 10.2 Å². The zero-order valence-corrected chi connectivity index (χ0v) is 20.5. The maximum absolute atomic E-state index is 12.1. The summed E-state index contributed by atoms with van der Waals surface area (Å²) in [6.45, 7) is 1.99. The van der Waals surface area contributed by atoms with Crippen molar-refractivity contribution in [2.24, 2.45) is 5.92 Å². The quantitative estimate of drug-likeness (QED) is 0.378. The van der Waals surface area contributed by atoms with E-state index in [1.807, 2.05) is 47.9 Å². The molecule has 0 spiro atoms. The molecular weight excluding hydrogens is 478 g/mol. The number of amides is 1. The Morgan fingerprint density at radius 3 is 2.61 bits per heavy atom. The van der Waals surface area contributed by atoms with Crippen LogP contribution in [0.4, 0.5) is 5.82 Å². The van der Waals surface area contributed by atoms with Crippen LogP contribution in [-0.2, 0) is 14.6 Å². The molecule has 11 heteroatoms. The number of carbonyl (C=O) groups is 1. The highest BCUT2D eigenvalue weighted by molar-refractivity contribution is 7.90. The number of anilines is 1. The summed E-state index contributed by atoms with van der Waals surface area (Å²) in [6.07, 6.45) is 6.67. The Kier molecular flexibility index (Phi) is 5.11. The zero-order chi connectivity index (χ0) is 25.0. The fraction of sp³-hybridized carbons (Fsp3) is 0.240.